The van der Waals surface area contributed by atoms with Gasteiger partial charge in [-0.15, -0.1) is 0 Å². The fourth-order valence-corrected chi connectivity index (χ4v) is 2.88. The summed E-state index contributed by atoms with van der Waals surface area (Å²) >= 11 is 0. The molecule has 0 heterocycles. The summed E-state index contributed by atoms with van der Waals surface area (Å²) in [4.78, 5) is 25.1. The van der Waals surface area contributed by atoms with Crippen molar-refractivity contribution in [3.05, 3.63) is 95.6 Å². The lowest BCUT2D eigenvalue weighted by Gasteiger charge is -2.19. The summed E-state index contributed by atoms with van der Waals surface area (Å²) < 4.78 is 16.3. The maximum Gasteiger partial charge on any atom is 0.343 e. The van der Waals surface area contributed by atoms with Gasteiger partial charge in [-0.1, -0.05) is 63.2 Å². The molecule has 0 aliphatic carbocycles. The number of para-hydroxylation sites is 2. The van der Waals surface area contributed by atoms with Crippen molar-refractivity contribution in [3.63, 3.8) is 0 Å². The number of carbonyl (C=O) groups excluding carboxylic acids is 2. The maximum absolute atomic E-state index is 12.6. The van der Waals surface area contributed by atoms with Crippen LogP contribution in [0.25, 0.3) is 0 Å². The number of carbonyl (C=O) groups is 2. The lowest BCUT2D eigenvalue weighted by Crippen LogP contribution is -2.16. The van der Waals surface area contributed by atoms with E-state index in [0.29, 0.717) is 11.3 Å². The van der Waals surface area contributed by atoms with Crippen molar-refractivity contribution in [2.75, 3.05) is 13.2 Å². The van der Waals surface area contributed by atoms with E-state index in [-0.39, 0.29) is 29.9 Å². The number of esters is 2. The standard InChI is InChI=1S/C26H26O5/c1-26(2,3)20-15-13-19(14-16-20)24(27)31-23-12-8-7-11-22(23)25(28)30-18-17-29-21-9-5-4-6-10-21/h4-16H,17-18H2,1-3H3. The van der Waals surface area contributed by atoms with E-state index in [0.717, 1.165) is 5.56 Å². The van der Waals surface area contributed by atoms with Crippen LogP contribution in [-0.4, -0.2) is 25.2 Å². The molecule has 3 rings (SSSR count). The highest BCUT2D eigenvalue weighted by molar-refractivity contribution is 5.96. The molecule has 3 aromatic rings. The molecule has 0 unspecified atom stereocenters. The third-order valence-electron chi connectivity index (χ3n) is 4.62. The topological polar surface area (TPSA) is 61.8 Å². The number of rotatable bonds is 7. The van der Waals surface area contributed by atoms with Gasteiger partial charge in [0.2, 0.25) is 0 Å². The van der Waals surface area contributed by atoms with E-state index in [4.69, 9.17) is 14.2 Å². The van der Waals surface area contributed by atoms with Gasteiger partial charge in [-0.2, -0.15) is 0 Å². The van der Waals surface area contributed by atoms with Crippen LogP contribution in [-0.2, 0) is 10.2 Å². The Hall–Kier alpha value is -3.60. The van der Waals surface area contributed by atoms with Gasteiger partial charge in [0.05, 0.1) is 5.56 Å². The molecule has 0 aliphatic heterocycles. The van der Waals surface area contributed by atoms with Crippen molar-refractivity contribution in [1.29, 1.82) is 0 Å². The first-order valence-electron chi connectivity index (χ1n) is 10.1. The van der Waals surface area contributed by atoms with Gasteiger partial charge in [0.15, 0.2) is 0 Å². The zero-order valence-electron chi connectivity index (χ0n) is 18.0. The van der Waals surface area contributed by atoms with E-state index in [1.807, 2.05) is 42.5 Å². The molecule has 0 radical (unpaired) electrons. The highest BCUT2D eigenvalue weighted by Crippen LogP contribution is 2.24. The minimum absolute atomic E-state index is 0.0109. The van der Waals surface area contributed by atoms with Crippen LogP contribution in [0.2, 0.25) is 0 Å². The first-order chi connectivity index (χ1) is 14.8. The van der Waals surface area contributed by atoms with Gasteiger partial charge in [-0.3, -0.25) is 0 Å². The van der Waals surface area contributed by atoms with E-state index in [1.165, 1.54) is 0 Å². The van der Waals surface area contributed by atoms with Crippen LogP contribution in [0.4, 0.5) is 0 Å². The SMILES string of the molecule is CC(C)(C)c1ccc(C(=O)Oc2ccccc2C(=O)OCCOc2ccccc2)cc1. The minimum atomic E-state index is -0.580. The quantitative estimate of drug-likeness (QED) is 0.290. The van der Waals surface area contributed by atoms with Gasteiger partial charge < -0.3 is 14.2 Å². The van der Waals surface area contributed by atoms with Crippen LogP contribution < -0.4 is 9.47 Å². The van der Waals surface area contributed by atoms with Gasteiger partial charge in [0.25, 0.3) is 0 Å². The second-order valence-electron chi connectivity index (χ2n) is 8.01. The van der Waals surface area contributed by atoms with Gasteiger partial charge in [-0.25, -0.2) is 9.59 Å². The van der Waals surface area contributed by atoms with Crippen LogP contribution in [0.3, 0.4) is 0 Å². The summed E-state index contributed by atoms with van der Waals surface area (Å²) in [6.45, 7) is 6.61. The average Bonchev–Trinajstić information content (AvgIpc) is 2.77. The maximum atomic E-state index is 12.6. The van der Waals surface area contributed by atoms with Gasteiger partial charge in [-0.05, 0) is 47.4 Å². The summed E-state index contributed by atoms with van der Waals surface area (Å²) in [7, 11) is 0. The Labute approximate surface area is 182 Å². The largest absolute Gasteiger partial charge is 0.490 e. The first-order valence-corrected chi connectivity index (χ1v) is 10.1. The highest BCUT2D eigenvalue weighted by atomic mass is 16.6. The average molecular weight is 418 g/mol. The Kier molecular flexibility index (Phi) is 7.08. The molecular weight excluding hydrogens is 392 g/mol. The zero-order chi connectivity index (χ0) is 22.3. The molecule has 0 bridgehead atoms. The summed E-state index contributed by atoms with van der Waals surface area (Å²) in [6.07, 6.45) is 0. The van der Waals surface area contributed by atoms with Crippen LogP contribution in [0.15, 0.2) is 78.9 Å². The molecule has 3 aromatic carbocycles. The lowest BCUT2D eigenvalue weighted by atomic mass is 9.87. The molecule has 5 nitrogen and oxygen atoms in total. The van der Waals surface area contributed by atoms with Crippen LogP contribution in [0, 0.1) is 0 Å². The highest BCUT2D eigenvalue weighted by Gasteiger charge is 2.18. The van der Waals surface area contributed by atoms with E-state index in [1.54, 1.807) is 36.4 Å². The molecule has 5 heteroatoms. The summed E-state index contributed by atoms with van der Waals surface area (Å²) in [5, 5.41) is 0. The van der Waals surface area contributed by atoms with Crippen molar-refractivity contribution < 1.29 is 23.8 Å². The Bertz CT molecular complexity index is 1020. The van der Waals surface area contributed by atoms with Gasteiger partial charge in [0.1, 0.15) is 30.3 Å². The normalized spacial score (nSPS) is 10.9. The monoisotopic (exact) mass is 418 g/mol. The predicted octanol–water partition coefficient (Wildman–Crippen LogP) is 5.44. The van der Waals surface area contributed by atoms with Gasteiger partial charge in [0, 0.05) is 0 Å². The van der Waals surface area contributed by atoms with E-state index < -0.39 is 11.9 Å². The molecule has 0 fully saturated rings. The molecule has 160 valence electrons. The first kappa shape index (κ1) is 22.1. The van der Waals surface area contributed by atoms with Gasteiger partial charge >= 0.3 is 11.9 Å². The molecular formula is C26H26O5. The smallest absolute Gasteiger partial charge is 0.343 e. The molecule has 0 saturated carbocycles. The van der Waals surface area contributed by atoms with Crippen molar-refractivity contribution in [2.45, 2.75) is 26.2 Å². The molecule has 0 aliphatic rings. The third kappa shape index (κ3) is 6.19. The van der Waals surface area contributed by atoms with E-state index in [2.05, 4.69) is 20.8 Å². The molecule has 0 N–H and O–H groups in total. The molecule has 0 spiro atoms. The lowest BCUT2D eigenvalue weighted by molar-refractivity contribution is 0.0445. The summed E-state index contributed by atoms with van der Waals surface area (Å²) in [6, 6.07) is 23.0. The number of hydrogen-bond donors (Lipinski definition) is 0. The Morgan fingerprint density at radius 2 is 1.39 bits per heavy atom. The van der Waals surface area contributed by atoms with Crippen LogP contribution in [0.5, 0.6) is 11.5 Å². The predicted molar refractivity (Wildman–Crippen MR) is 119 cm³/mol. The van der Waals surface area contributed by atoms with E-state index in [9.17, 15) is 9.59 Å². The summed E-state index contributed by atoms with van der Waals surface area (Å²) in [5.74, 6) is -0.261. The third-order valence-corrected chi connectivity index (χ3v) is 4.62. The fraction of sp³-hybridized carbons (Fsp3) is 0.231. The minimum Gasteiger partial charge on any atom is -0.490 e. The van der Waals surface area contributed by atoms with Crippen molar-refractivity contribution >= 4 is 11.9 Å². The Morgan fingerprint density at radius 1 is 0.742 bits per heavy atom. The molecule has 0 atom stereocenters. The van der Waals surface area contributed by atoms with Crippen molar-refractivity contribution in [1.82, 2.24) is 0 Å². The number of benzene rings is 3. The second kappa shape index (κ2) is 9.94. The molecule has 0 amide bonds. The number of ether oxygens (including phenoxy) is 3. The zero-order valence-corrected chi connectivity index (χ0v) is 18.0. The van der Waals surface area contributed by atoms with Crippen molar-refractivity contribution in [2.24, 2.45) is 0 Å². The molecule has 0 aromatic heterocycles. The van der Waals surface area contributed by atoms with E-state index >= 15 is 0 Å². The molecule has 0 saturated heterocycles. The van der Waals surface area contributed by atoms with Crippen LogP contribution >= 0.6 is 0 Å². The Morgan fingerprint density at radius 3 is 2.06 bits per heavy atom. The van der Waals surface area contributed by atoms with Crippen molar-refractivity contribution in [3.8, 4) is 11.5 Å². The number of hydrogen-bond acceptors (Lipinski definition) is 5. The second-order valence-corrected chi connectivity index (χ2v) is 8.01. The fourth-order valence-electron chi connectivity index (χ4n) is 2.88. The summed E-state index contributed by atoms with van der Waals surface area (Å²) in [5.41, 5.74) is 1.70. The van der Waals surface area contributed by atoms with Crippen LogP contribution in [0.1, 0.15) is 47.1 Å². The Balaban J connectivity index is 1.60. The molecule has 31 heavy (non-hydrogen) atoms.